The van der Waals surface area contributed by atoms with Crippen LogP contribution < -0.4 is 10.9 Å². The summed E-state index contributed by atoms with van der Waals surface area (Å²) in [6, 6.07) is 0. The molecule has 2 N–H and O–H groups in total. The molecular weight excluding hydrogens is 330 g/mol. The molecular formula is C15H15N5O3S. The van der Waals surface area contributed by atoms with E-state index in [-0.39, 0.29) is 17.6 Å². The Bertz CT molecular complexity index is 879. The number of nitrogens with zero attached hydrogens (tertiary/aromatic N) is 3. The van der Waals surface area contributed by atoms with E-state index in [0.717, 1.165) is 19.4 Å². The van der Waals surface area contributed by atoms with E-state index < -0.39 is 0 Å². The molecule has 1 atom stereocenters. The molecule has 0 saturated carbocycles. The summed E-state index contributed by atoms with van der Waals surface area (Å²) in [5.74, 6) is -0.344. The predicted molar refractivity (Wildman–Crippen MR) is 88.5 cm³/mol. The minimum absolute atomic E-state index is 0.101. The van der Waals surface area contributed by atoms with Gasteiger partial charge in [0.25, 0.3) is 11.5 Å². The molecule has 0 unspecified atom stereocenters. The third kappa shape index (κ3) is 2.83. The average Bonchev–Trinajstić information content (AvgIpc) is 3.31. The molecule has 0 radical (unpaired) electrons. The molecule has 1 aromatic rings. The quantitative estimate of drug-likeness (QED) is 0.747. The van der Waals surface area contributed by atoms with E-state index in [0.29, 0.717) is 28.5 Å². The summed E-state index contributed by atoms with van der Waals surface area (Å²) in [5, 5.41) is 11.4. The molecule has 1 aromatic heterocycles. The van der Waals surface area contributed by atoms with Crippen LogP contribution in [0.5, 0.6) is 0 Å². The van der Waals surface area contributed by atoms with E-state index in [1.165, 1.54) is 11.3 Å². The second kappa shape index (κ2) is 6.17. The van der Waals surface area contributed by atoms with Crippen LogP contribution >= 0.6 is 11.3 Å². The molecule has 0 aromatic carbocycles. The van der Waals surface area contributed by atoms with Crippen molar-refractivity contribution in [3.05, 3.63) is 39.9 Å². The van der Waals surface area contributed by atoms with E-state index in [2.05, 4.69) is 20.5 Å². The van der Waals surface area contributed by atoms with Gasteiger partial charge in [-0.25, -0.2) is 10.1 Å². The molecule has 9 heteroatoms. The molecule has 0 aliphatic carbocycles. The van der Waals surface area contributed by atoms with Crippen molar-refractivity contribution >= 4 is 22.4 Å². The first kappa shape index (κ1) is 15.0. The number of pyridine rings is 1. The first-order valence-corrected chi connectivity index (χ1v) is 8.49. The van der Waals surface area contributed by atoms with Crippen molar-refractivity contribution < 1.29 is 9.53 Å². The van der Waals surface area contributed by atoms with Crippen LogP contribution in [0.1, 0.15) is 23.2 Å². The monoisotopic (exact) mass is 345 g/mol. The average molecular weight is 345 g/mol. The highest BCUT2D eigenvalue weighted by Crippen LogP contribution is 2.23. The van der Waals surface area contributed by atoms with Crippen molar-refractivity contribution in [1.29, 1.82) is 0 Å². The number of amides is 1. The van der Waals surface area contributed by atoms with Gasteiger partial charge in [-0.05, 0) is 12.8 Å². The Kier molecular flexibility index (Phi) is 3.87. The van der Waals surface area contributed by atoms with Crippen molar-refractivity contribution in [3.63, 3.8) is 0 Å². The molecule has 0 bridgehead atoms. The van der Waals surface area contributed by atoms with Crippen LogP contribution in [0.2, 0.25) is 0 Å². The van der Waals surface area contributed by atoms with Gasteiger partial charge in [-0.2, -0.15) is 5.10 Å². The standard InChI is InChI=1S/C15H15N5O3S/c21-13(17-15-16-3-5-24-15)10-7-20(6-9-2-1-4-23-9)8-11-12(10)18-19-14(11)22/h3,5,7-9H,1-2,4,6H2,(H,19,22)(H,16,17,21)/t9-/m0/s1. The zero-order valence-corrected chi connectivity index (χ0v) is 13.5. The Labute approximate surface area is 140 Å². The molecule has 4 heterocycles. The number of ether oxygens (including phenoxy) is 1. The number of anilines is 1. The predicted octanol–water partition coefficient (Wildman–Crippen LogP) is 1.56. The molecule has 3 aliphatic heterocycles. The molecule has 3 aliphatic rings. The topological polar surface area (TPSA) is 102 Å². The Morgan fingerprint density at radius 1 is 1.50 bits per heavy atom. The highest BCUT2D eigenvalue weighted by Gasteiger charge is 2.23. The minimum Gasteiger partial charge on any atom is -0.376 e. The summed E-state index contributed by atoms with van der Waals surface area (Å²) in [7, 11) is 0. The second-order valence-corrected chi connectivity index (χ2v) is 6.50. The van der Waals surface area contributed by atoms with Crippen LogP contribution in [0.4, 0.5) is 5.13 Å². The third-order valence-electron chi connectivity index (χ3n) is 3.95. The second-order valence-electron chi connectivity index (χ2n) is 5.61. The first-order chi connectivity index (χ1) is 11.7. The number of hydrogen-bond donors (Lipinski definition) is 2. The Hall–Kier alpha value is -2.52. The number of H-pyrrole nitrogens is 1. The van der Waals surface area contributed by atoms with Crippen molar-refractivity contribution in [2.75, 3.05) is 11.9 Å². The molecule has 1 saturated heterocycles. The van der Waals surface area contributed by atoms with E-state index >= 15 is 0 Å². The number of thiazole rings is 1. The smallest absolute Gasteiger partial charge is 0.275 e. The zero-order valence-electron chi connectivity index (χ0n) is 12.7. The maximum Gasteiger partial charge on any atom is 0.275 e. The minimum atomic E-state index is -0.344. The van der Waals surface area contributed by atoms with Gasteiger partial charge in [0.2, 0.25) is 0 Å². The number of nitrogens with one attached hydrogen (secondary N) is 2. The summed E-state index contributed by atoms with van der Waals surface area (Å²) in [5.41, 5.74) is 0.770. The number of carbonyl (C=O) groups excluding carboxylic acids is 1. The molecule has 1 fully saturated rings. The molecule has 0 spiro atoms. The maximum absolute atomic E-state index is 12.6. The van der Waals surface area contributed by atoms with Crippen LogP contribution in [-0.4, -0.2) is 38.4 Å². The van der Waals surface area contributed by atoms with Crippen molar-refractivity contribution in [1.82, 2.24) is 19.7 Å². The third-order valence-corrected chi connectivity index (χ3v) is 4.64. The summed E-state index contributed by atoms with van der Waals surface area (Å²) in [6.07, 6.45) is 7.13. The Balaban J connectivity index is 1.69. The number of fused-ring (bicyclic) bond motifs is 1. The van der Waals surface area contributed by atoms with Crippen LogP contribution in [0.15, 0.2) is 28.8 Å². The first-order valence-electron chi connectivity index (χ1n) is 7.61. The molecule has 1 amide bonds. The van der Waals surface area contributed by atoms with E-state index in [9.17, 15) is 9.59 Å². The SMILES string of the molecule is O=C(Nc1nccs1)c1cn(C[C@@H]2CCCO2)cc2c(=O)[nH]nc1-2. The lowest BCUT2D eigenvalue weighted by Gasteiger charge is -2.15. The molecule has 24 heavy (non-hydrogen) atoms. The summed E-state index contributed by atoms with van der Waals surface area (Å²) >= 11 is 1.33. The number of aromatic nitrogens is 4. The van der Waals surface area contributed by atoms with Gasteiger partial charge in [-0.3, -0.25) is 14.9 Å². The van der Waals surface area contributed by atoms with Gasteiger partial charge in [0.15, 0.2) is 5.13 Å². The van der Waals surface area contributed by atoms with Crippen molar-refractivity contribution in [3.8, 4) is 11.3 Å². The fourth-order valence-corrected chi connectivity index (χ4v) is 3.36. The highest BCUT2D eigenvalue weighted by atomic mass is 32.1. The lowest BCUT2D eigenvalue weighted by atomic mass is 10.1. The van der Waals surface area contributed by atoms with Crippen LogP contribution in [0.25, 0.3) is 11.3 Å². The van der Waals surface area contributed by atoms with Crippen LogP contribution in [0.3, 0.4) is 0 Å². The van der Waals surface area contributed by atoms with E-state index in [4.69, 9.17) is 4.74 Å². The number of rotatable bonds is 4. The number of aromatic amines is 1. The lowest BCUT2D eigenvalue weighted by molar-refractivity contribution is 0.0961. The molecule has 124 valence electrons. The van der Waals surface area contributed by atoms with Gasteiger partial charge in [-0.1, -0.05) is 0 Å². The summed E-state index contributed by atoms with van der Waals surface area (Å²) in [6.45, 7) is 1.35. The normalized spacial score (nSPS) is 17.4. The van der Waals surface area contributed by atoms with Crippen LogP contribution in [0, 0.1) is 0 Å². The summed E-state index contributed by atoms with van der Waals surface area (Å²) < 4.78 is 7.46. The lowest BCUT2D eigenvalue weighted by Crippen LogP contribution is -2.20. The van der Waals surface area contributed by atoms with Gasteiger partial charge in [-0.15, -0.1) is 11.3 Å². The van der Waals surface area contributed by atoms with Gasteiger partial charge in [0, 0.05) is 37.1 Å². The van der Waals surface area contributed by atoms with E-state index in [1.807, 2.05) is 4.57 Å². The largest absolute Gasteiger partial charge is 0.376 e. The fraction of sp³-hybridized carbons (Fsp3) is 0.333. The number of carbonyl (C=O) groups is 1. The Morgan fingerprint density at radius 2 is 2.42 bits per heavy atom. The van der Waals surface area contributed by atoms with Gasteiger partial charge < -0.3 is 9.30 Å². The molecule has 8 nitrogen and oxygen atoms in total. The number of hydrogen-bond acceptors (Lipinski definition) is 6. The van der Waals surface area contributed by atoms with Crippen molar-refractivity contribution in [2.45, 2.75) is 25.5 Å². The van der Waals surface area contributed by atoms with Gasteiger partial charge in [0.1, 0.15) is 5.69 Å². The van der Waals surface area contributed by atoms with Crippen molar-refractivity contribution in [2.24, 2.45) is 0 Å². The van der Waals surface area contributed by atoms with E-state index in [1.54, 1.807) is 24.0 Å². The zero-order chi connectivity index (χ0) is 16.5. The summed E-state index contributed by atoms with van der Waals surface area (Å²) in [4.78, 5) is 28.6. The van der Waals surface area contributed by atoms with Gasteiger partial charge in [0.05, 0.1) is 17.2 Å². The highest BCUT2D eigenvalue weighted by molar-refractivity contribution is 7.13. The fourth-order valence-electron chi connectivity index (χ4n) is 2.83. The maximum atomic E-state index is 12.6. The van der Waals surface area contributed by atoms with Crippen LogP contribution in [-0.2, 0) is 11.3 Å². The molecule has 4 rings (SSSR count). The Morgan fingerprint density at radius 3 is 3.17 bits per heavy atom. The van der Waals surface area contributed by atoms with Gasteiger partial charge >= 0.3 is 0 Å².